The second-order valence-corrected chi connectivity index (χ2v) is 9.92. The highest BCUT2D eigenvalue weighted by atomic mass is 35.5. The third kappa shape index (κ3) is 7.74. The summed E-state index contributed by atoms with van der Waals surface area (Å²) in [4.78, 5) is 26.2. The molecule has 1 N–H and O–H groups in total. The van der Waals surface area contributed by atoms with Gasteiger partial charge in [-0.2, -0.15) is 0 Å². The number of halogens is 1. The average Bonchev–Trinajstić information content (AvgIpc) is 2.94. The van der Waals surface area contributed by atoms with Crippen molar-refractivity contribution in [2.45, 2.75) is 17.3 Å². The fourth-order valence-electron chi connectivity index (χ4n) is 4.07. The number of thioether (sulfide) groups is 1. The molecule has 10 heteroatoms. The van der Waals surface area contributed by atoms with Gasteiger partial charge in [0.25, 0.3) is 5.91 Å². The van der Waals surface area contributed by atoms with Gasteiger partial charge in [0.1, 0.15) is 16.7 Å². The van der Waals surface area contributed by atoms with Crippen LogP contribution >= 0.6 is 23.4 Å². The molecule has 3 aromatic rings. The third-order valence-corrected chi connectivity index (χ3v) is 7.18. The molecule has 2 aromatic carbocycles. The van der Waals surface area contributed by atoms with Gasteiger partial charge >= 0.3 is 0 Å². The van der Waals surface area contributed by atoms with Gasteiger partial charge in [-0.3, -0.25) is 4.79 Å². The van der Waals surface area contributed by atoms with Crippen LogP contribution in [0, 0.1) is 0 Å². The first-order chi connectivity index (χ1) is 18.1. The Morgan fingerprint density at radius 3 is 2.51 bits per heavy atom. The number of amides is 1. The van der Waals surface area contributed by atoms with E-state index in [0.717, 1.165) is 49.7 Å². The van der Waals surface area contributed by atoms with E-state index in [1.54, 1.807) is 14.2 Å². The molecular weight excluding hydrogens is 510 g/mol. The minimum Gasteiger partial charge on any atom is -0.497 e. The SMILES string of the molecule is COCCCNC(=O)c1cccc(CSc2nc(Cl)cc(N3CCN(c4ccc(OC)cc4)CC3)n2)c1. The van der Waals surface area contributed by atoms with Gasteiger partial charge in [0.2, 0.25) is 0 Å². The Balaban J connectivity index is 1.33. The first kappa shape index (κ1) is 27.0. The van der Waals surface area contributed by atoms with Crippen molar-refractivity contribution < 1.29 is 14.3 Å². The molecule has 2 heterocycles. The molecule has 1 aliphatic rings. The van der Waals surface area contributed by atoms with Gasteiger partial charge in [-0.1, -0.05) is 35.5 Å². The molecule has 1 aliphatic heterocycles. The highest BCUT2D eigenvalue weighted by Gasteiger charge is 2.20. The summed E-state index contributed by atoms with van der Waals surface area (Å²) in [5.74, 6) is 2.24. The summed E-state index contributed by atoms with van der Waals surface area (Å²) < 4.78 is 10.3. The molecule has 4 rings (SSSR count). The molecule has 1 saturated heterocycles. The Hall–Kier alpha value is -3.01. The van der Waals surface area contributed by atoms with Gasteiger partial charge in [-0.15, -0.1) is 0 Å². The summed E-state index contributed by atoms with van der Waals surface area (Å²) >= 11 is 7.87. The molecule has 0 aliphatic carbocycles. The van der Waals surface area contributed by atoms with Crippen LogP contribution < -0.4 is 19.9 Å². The van der Waals surface area contributed by atoms with Gasteiger partial charge < -0.3 is 24.6 Å². The number of carbonyl (C=O) groups excluding carboxylic acids is 1. The summed E-state index contributed by atoms with van der Waals surface area (Å²) in [7, 11) is 3.33. The predicted octanol–water partition coefficient (Wildman–Crippen LogP) is 4.52. The molecule has 8 nitrogen and oxygen atoms in total. The van der Waals surface area contributed by atoms with E-state index >= 15 is 0 Å². The van der Waals surface area contributed by atoms with Crippen molar-refractivity contribution in [3.63, 3.8) is 0 Å². The van der Waals surface area contributed by atoms with Crippen molar-refractivity contribution in [1.29, 1.82) is 0 Å². The molecule has 1 aromatic heterocycles. The fraction of sp³-hybridized carbons (Fsp3) is 0.370. The van der Waals surface area contributed by atoms with E-state index in [1.165, 1.54) is 17.4 Å². The predicted molar refractivity (Wildman–Crippen MR) is 149 cm³/mol. The maximum atomic E-state index is 12.4. The number of rotatable bonds is 11. The Morgan fingerprint density at radius 2 is 1.78 bits per heavy atom. The second kappa shape index (κ2) is 13.5. The number of methoxy groups -OCH3 is 2. The molecule has 0 unspecified atom stereocenters. The molecule has 0 atom stereocenters. The first-order valence-corrected chi connectivity index (χ1v) is 13.6. The topological polar surface area (TPSA) is 79.8 Å². The second-order valence-electron chi connectivity index (χ2n) is 8.59. The number of anilines is 2. The van der Waals surface area contributed by atoms with E-state index < -0.39 is 0 Å². The number of nitrogens with zero attached hydrogens (tertiary/aromatic N) is 4. The standard InChI is InChI=1S/C27H32ClN5O3S/c1-35-16-4-11-29-26(34)21-6-3-5-20(17-21)19-37-27-30-24(28)18-25(31-27)33-14-12-32(13-15-33)22-7-9-23(36-2)10-8-22/h3,5-10,17-18H,4,11-16,19H2,1-2H3,(H,29,34). The van der Waals surface area contributed by atoms with Gasteiger partial charge in [0.05, 0.1) is 7.11 Å². The molecule has 0 saturated carbocycles. The smallest absolute Gasteiger partial charge is 0.251 e. The van der Waals surface area contributed by atoms with Crippen LogP contribution in [0.2, 0.25) is 5.15 Å². The molecule has 0 bridgehead atoms. The molecule has 0 radical (unpaired) electrons. The number of carbonyl (C=O) groups is 1. The van der Waals surface area contributed by atoms with Gasteiger partial charge in [-0.25, -0.2) is 9.97 Å². The van der Waals surface area contributed by atoms with E-state index in [4.69, 9.17) is 26.1 Å². The lowest BCUT2D eigenvalue weighted by Gasteiger charge is -2.36. The average molecular weight is 542 g/mol. The molecule has 37 heavy (non-hydrogen) atoms. The van der Waals surface area contributed by atoms with Crippen LogP contribution in [0.1, 0.15) is 22.3 Å². The van der Waals surface area contributed by atoms with Crippen LogP contribution in [0.15, 0.2) is 59.8 Å². The third-order valence-electron chi connectivity index (χ3n) is 6.07. The summed E-state index contributed by atoms with van der Waals surface area (Å²) in [6.07, 6.45) is 0.781. The zero-order chi connectivity index (χ0) is 26.0. The van der Waals surface area contributed by atoms with Crippen molar-refractivity contribution in [3.05, 3.63) is 70.9 Å². The van der Waals surface area contributed by atoms with Crippen molar-refractivity contribution in [3.8, 4) is 5.75 Å². The van der Waals surface area contributed by atoms with Gasteiger partial charge in [-0.05, 0) is 48.4 Å². The molecule has 1 fully saturated rings. The molecular formula is C27H32ClN5O3S. The number of nitrogens with one attached hydrogen (secondary N) is 1. The van der Waals surface area contributed by atoms with Crippen molar-refractivity contribution in [2.24, 2.45) is 0 Å². The van der Waals surface area contributed by atoms with E-state index in [0.29, 0.717) is 34.8 Å². The normalized spacial score (nSPS) is 13.5. The van der Waals surface area contributed by atoms with Gasteiger partial charge in [0, 0.05) is 69.5 Å². The number of hydrogen-bond acceptors (Lipinski definition) is 8. The quantitative estimate of drug-likeness (QED) is 0.164. The molecule has 0 spiro atoms. The van der Waals surface area contributed by atoms with Crippen molar-refractivity contribution >= 4 is 40.8 Å². The largest absolute Gasteiger partial charge is 0.497 e. The van der Waals surface area contributed by atoms with E-state index in [-0.39, 0.29) is 5.91 Å². The highest BCUT2D eigenvalue weighted by Crippen LogP contribution is 2.27. The van der Waals surface area contributed by atoms with E-state index in [2.05, 4.69) is 32.2 Å². The van der Waals surface area contributed by atoms with Gasteiger partial charge in [0.15, 0.2) is 5.16 Å². The lowest BCUT2D eigenvalue weighted by molar-refractivity contribution is 0.0948. The van der Waals surface area contributed by atoms with E-state index in [9.17, 15) is 4.79 Å². The Labute approximate surface area is 227 Å². The molecule has 196 valence electrons. The highest BCUT2D eigenvalue weighted by molar-refractivity contribution is 7.98. The number of aromatic nitrogens is 2. The van der Waals surface area contributed by atoms with Crippen molar-refractivity contribution in [2.75, 3.05) is 63.4 Å². The minimum atomic E-state index is -0.0852. The first-order valence-electron chi connectivity index (χ1n) is 12.2. The maximum Gasteiger partial charge on any atom is 0.251 e. The lowest BCUT2D eigenvalue weighted by Crippen LogP contribution is -2.46. The summed E-state index contributed by atoms with van der Waals surface area (Å²) in [6, 6.07) is 17.6. The fourth-order valence-corrected chi connectivity index (χ4v) is 5.09. The van der Waals surface area contributed by atoms with Crippen LogP contribution in [0.3, 0.4) is 0 Å². The number of benzene rings is 2. The summed E-state index contributed by atoms with van der Waals surface area (Å²) in [6.45, 7) is 4.65. The number of piperazine rings is 1. The maximum absolute atomic E-state index is 12.4. The Kier molecular flexibility index (Phi) is 9.87. The zero-order valence-corrected chi connectivity index (χ0v) is 22.7. The van der Waals surface area contributed by atoms with Crippen LogP contribution in [0.5, 0.6) is 5.75 Å². The van der Waals surface area contributed by atoms with Crippen molar-refractivity contribution in [1.82, 2.24) is 15.3 Å². The lowest BCUT2D eigenvalue weighted by atomic mass is 10.1. The molecule has 1 amide bonds. The van der Waals surface area contributed by atoms with Crippen LogP contribution in [-0.2, 0) is 10.5 Å². The number of ether oxygens (including phenoxy) is 2. The Morgan fingerprint density at radius 1 is 1.03 bits per heavy atom. The summed E-state index contributed by atoms with van der Waals surface area (Å²) in [5, 5.41) is 3.97. The Bertz CT molecular complexity index is 1170. The minimum absolute atomic E-state index is 0.0852. The number of hydrogen-bond donors (Lipinski definition) is 1. The van der Waals surface area contributed by atoms with E-state index in [1.807, 2.05) is 42.5 Å². The monoisotopic (exact) mass is 541 g/mol. The zero-order valence-electron chi connectivity index (χ0n) is 21.2. The van der Waals surface area contributed by atoms with Crippen LogP contribution in [0.25, 0.3) is 0 Å². The van der Waals surface area contributed by atoms with Crippen LogP contribution in [0.4, 0.5) is 11.5 Å². The van der Waals surface area contributed by atoms with Crippen LogP contribution in [-0.4, -0.2) is 69.4 Å². The summed E-state index contributed by atoms with van der Waals surface area (Å²) in [5.41, 5.74) is 2.84.